The number of hydrogen-bond acceptors (Lipinski definition) is 3. The fourth-order valence-electron chi connectivity index (χ4n) is 1.23. The zero-order valence-corrected chi connectivity index (χ0v) is 10.8. The largest absolute Gasteiger partial charge is 0.369 e. The van der Waals surface area contributed by atoms with Crippen LogP contribution in [0.15, 0.2) is 0 Å². The second kappa shape index (κ2) is 7.66. The van der Waals surface area contributed by atoms with Gasteiger partial charge in [-0.25, -0.2) is 4.90 Å². The Balaban J connectivity index is 4.10. The molecule has 0 saturated carbocycles. The van der Waals surface area contributed by atoms with Gasteiger partial charge in [0, 0.05) is 18.9 Å². The zero-order valence-electron chi connectivity index (χ0n) is 10.8. The summed E-state index contributed by atoms with van der Waals surface area (Å²) in [5.41, 5.74) is 5.10. The second-order valence-corrected chi connectivity index (χ2v) is 4.67. The van der Waals surface area contributed by atoms with Gasteiger partial charge in [-0.05, 0) is 18.8 Å². The molecule has 5 nitrogen and oxygen atoms in total. The van der Waals surface area contributed by atoms with Crippen LogP contribution in [0.25, 0.3) is 0 Å². The molecule has 0 radical (unpaired) electrons. The summed E-state index contributed by atoms with van der Waals surface area (Å²) >= 11 is 0. The molecule has 1 atom stereocenters. The van der Waals surface area contributed by atoms with E-state index in [0.29, 0.717) is 18.9 Å². The lowest BCUT2D eigenvalue weighted by Crippen LogP contribution is -2.29. The molecule has 0 heterocycles. The van der Waals surface area contributed by atoms with E-state index in [0.717, 1.165) is 11.3 Å². The Bertz CT molecular complexity index is 307. The summed E-state index contributed by atoms with van der Waals surface area (Å²) in [5, 5.41) is 8.85. The first-order valence-corrected chi connectivity index (χ1v) is 5.87. The minimum Gasteiger partial charge on any atom is -0.369 e. The molecule has 0 aromatic carbocycles. The van der Waals surface area contributed by atoms with Crippen LogP contribution < -0.4 is 5.73 Å². The van der Waals surface area contributed by atoms with Gasteiger partial charge < -0.3 is 5.73 Å². The Morgan fingerprint density at radius 3 is 2.29 bits per heavy atom. The molecule has 0 aromatic rings. The van der Waals surface area contributed by atoms with Crippen molar-refractivity contribution in [2.75, 3.05) is 6.54 Å². The predicted octanol–water partition coefficient (Wildman–Crippen LogP) is 1.24. The van der Waals surface area contributed by atoms with Crippen LogP contribution >= 0.6 is 0 Å². The minimum atomic E-state index is -0.413. The van der Waals surface area contributed by atoms with E-state index in [1.54, 1.807) is 6.92 Å². The Morgan fingerprint density at radius 1 is 1.29 bits per heavy atom. The van der Waals surface area contributed by atoms with E-state index >= 15 is 0 Å². The van der Waals surface area contributed by atoms with Crippen molar-refractivity contribution in [1.82, 2.24) is 4.90 Å². The molecule has 0 aliphatic rings. The molecule has 1 unspecified atom stereocenters. The normalized spacial score (nSPS) is 11.9. The number of rotatable bonds is 7. The lowest BCUT2D eigenvalue weighted by molar-refractivity contribution is -0.129. The summed E-state index contributed by atoms with van der Waals surface area (Å²) in [7, 11) is 0. The van der Waals surface area contributed by atoms with Crippen molar-refractivity contribution in [3.63, 3.8) is 0 Å². The molecule has 0 rings (SSSR count). The van der Waals surface area contributed by atoms with Crippen molar-refractivity contribution < 1.29 is 9.59 Å². The first kappa shape index (κ1) is 15.4. The number of hydrogen-bond donors (Lipinski definition) is 1. The molecule has 5 heteroatoms. The number of primary amides is 1. The summed E-state index contributed by atoms with van der Waals surface area (Å²) in [6, 6.07) is 0. The number of carbonyl (C=O) groups excluding carboxylic acids is 2. The molecule has 96 valence electrons. The van der Waals surface area contributed by atoms with Crippen molar-refractivity contribution in [3.8, 4) is 6.19 Å². The molecule has 0 bridgehead atoms. The lowest BCUT2D eigenvalue weighted by Gasteiger charge is -2.15. The van der Waals surface area contributed by atoms with E-state index in [-0.39, 0.29) is 18.2 Å². The van der Waals surface area contributed by atoms with Crippen LogP contribution in [0.4, 0.5) is 0 Å². The average Bonchev–Trinajstić information content (AvgIpc) is 2.25. The standard InChI is InChI=1S/C12H21N3O2/c1-9(2)6-7-15(8-13)11(16)5-4-10(3)12(14)17/h9-10H,4-7H2,1-3H3,(H2,14,17). The molecular weight excluding hydrogens is 218 g/mol. The van der Waals surface area contributed by atoms with E-state index in [2.05, 4.69) is 0 Å². The van der Waals surface area contributed by atoms with Crippen LogP contribution in [0.5, 0.6) is 0 Å². The van der Waals surface area contributed by atoms with Gasteiger partial charge in [-0.15, -0.1) is 0 Å². The monoisotopic (exact) mass is 239 g/mol. The Morgan fingerprint density at radius 2 is 1.88 bits per heavy atom. The van der Waals surface area contributed by atoms with Gasteiger partial charge in [0.15, 0.2) is 6.19 Å². The number of nitrogens with zero attached hydrogens (tertiary/aromatic N) is 2. The van der Waals surface area contributed by atoms with Crippen LogP contribution in [0, 0.1) is 23.3 Å². The molecule has 0 aliphatic heterocycles. The highest BCUT2D eigenvalue weighted by Crippen LogP contribution is 2.08. The van der Waals surface area contributed by atoms with Gasteiger partial charge in [-0.2, -0.15) is 5.26 Å². The number of nitrogens with two attached hydrogens (primary N) is 1. The molecule has 2 N–H and O–H groups in total. The molecular formula is C12H21N3O2. The number of nitriles is 1. The van der Waals surface area contributed by atoms with Crippen molar-refractivity contribution in [1.29, 1.82) is 5.26 Å². The summed E-state index contributed by atoms with van der Waals surface area (Å²) in [4.78, 5) is 23.6. The topological polar surface area (TPSA) is 87.2 Å². The van der Waals surface area contributed by atoms with Crippen LogP contribution in [0.1, 0.15) is 40.0 Å². The van der Waals surface area contributed by atoms with E-state index in [9.17, 15) is 9.59 Å². The van der Waals surface area contributed by atoms with Gasteiger partial charge in [-0.1, -0.05) is 20.8 Å². The van der Waals surface area contributed by atoms with E-state index in [4.69, 9.17) is 11.0 Å². The van der Waals surface area contributed by atoms with Crippen LogP contribution in [0.3, 0.4) is 0 Å². The molecule has 0 aliphatic carbocycles. The van der Waals surface area contributed by atoms with Crippen molar-refractivity contribution in [3.05, 3.63) is 0 Å². The first-order valence-electron chi connectivity index (χ1n) is 5.87. The summed E-state index contributed by atoms with van der Waals surface area (Å²) in [5.74, 6) is -0.530. The van der Waals surface area contributed by atoms with Crippen LogP contribution in [-0.2, 0) is 9.59 Å². The number of amides is 2. The molecule has 0 aromatic heterocycles. The third kappa shape index (κ3) is 6.56. The Labute approximate surface area is 103 Å². The van der Waals surface area contributed by atoms with Gasteiger partial charge in [0.1, 0.15) is 0 Å². The maximum Gasteiger partial charge on any atom is 0.235 e. The van der Waals surface area contributed by atoms with Crippen molar-refractivity contribution >= 4 is 11.8 Å². The predicted molar refractivity (Wildman–Crippen MR) is 64.4 cm³/mol. The van der Waals surface area contributed by atoms with E-state index in [1.165, 1.54) is 0 Å². The smallest absolute Gasteiger partial charge is 0.235 e. The van der Waals surface area contributed by atoms with Crippen LogP contribution in [-0.4, -0.2) is 23.3 Å². The minimum absolute atomic E-state index is 0.190. The van der Waals surface area contributed by atoms with Crippen LogP contribution in [0.2, 0.25) is 0 Å². The van der Waals surface area contributed by atoms with Gasteiger partial charge in [0.2, 0.25) is 11.8 Å². The maximum absolute atomic E-state index is 11.7. The fraction of sp³-hybridized carbons (Fsp3) is 0.750. The van der Waals surface area contributed by atoms with Gasteiger partial charge in [0.25, 0.3) is 0 Å². The van der Waals surface area contributed by atoms with E-state index < -0.39 is 5.91 Å². The van der Waals surface area contributed by atoms with E-state index in [1.807, 2.05) is 20.0 Å². The van der Waals surface area contributed by atoms with Gasteiger partial charge >= 0.3 is 0 Å². The molecule has 0 saturated heterocycles. The summed E-state index contributed by atoms with van der Waals surface area (Å²) in [6.45, 7) is 6.20. The fourth-order valence-corrected chi connectivity index (χ4v) is 1.23. The third-order valence-electron chi connectivity index (χ3n) is 2.63. The highest BCUT2D eigenvalue weighted by atomic mass is 16.2. The third-order valence-corrected chi connectivity index (χ3v) is 2.63. The second-order valence-electron chi connectivity index (χ2n) is 4.67. The zero-order chi connectivity index (χ0) is 13.4. The van der Waals surface area contributed by atoms with Crippen molar-refractivity contribution in [2.24, 2.45) is 17.6 Å². The first-order chi connectivity index (χ1) is 7.88. The highest BCUT2D eigenvalue weighted by Gasteiger charge is 2.16. The molecule has 0 spiro atoms. The Kier molecular flexibility index (Phi) is 6.95. The summed E-state index contributed by atoms with van der Waals surface area (Å²) < 4.78 is 0. The average molecular weight is 239 g/mol. The molecule has 17 heavy (non-hydrogen) atoms. The Hall–Kier alpha value is -1.57. The SMILES string of the molecule is CC(C)CCN(C#N)C(=O)CCC(C)C(N)=O. The molecule has 2 amide bonds. The lowest BCUT2D eigenvalue weighted by atomic mass is 10.0. The highest BCUT2D eigenvalue weighted by molar-refractivity contribution is 5.80. The molecule has 0 fully saturated rings. The van der Waals surface area contributed by atoms with Crippen molar-refractivity contribution in [2.45, 2.75) is 40.0 Å². The van der Waals surface area contributed by atoms with Gasteiger partial charge in [-0.3, -0.25) is 9.59 Å². The number of carbonyl (C=O) groups is 2. The quantitative estimate of drug-likeness (QED) is 0.535. The maximum atomic E-state index is 11.7. The summed E-state index contributed by atoms with van der Waals surface area (Å²) in [6.07, 6.45) is 3.26. The van der Waals surface area contributed by atoms with Gasteiger partial charge in [0.05, 0.1) is 0 Å².